The number of halogens is 1. The zero-order valence-corrected chi connectivity index (χ0v) is 14.4. The zero-order chi connectivity index (χ0) is 18.4. The van der Waals surface area contributed by atoms with Crippen LogP contribution in [0, 0.1) is 0 Å². The van der Waals surface area contributed by atoms with E-state index in [9.17, 15) is 9.59 Å². The van der Waals surface area contributed by atoms with Gasteiger partial charge in [0, 0.05) is 29.6 Å². The van der Waals surface area contributed by atoms with Crippen molar-refractivity contribution in [2.24, 2.45) is 0 Å². The number of amides is 2. The molecule has 2 heterocycles. The number of nitrogens with one attached hydrogen (secondary N) is 2. The van der Waals surface area contributed by atoms with Crippen LogP contribution < -0.4 is 10.9 Å². The Morgan fingerprint density at radius 3 is 2.58 bits per heavy atom. The van der Waals surface area contributed by atoms with Crippen LogP contribution in [0.3, 0.4) is 0 Å². The van der Waals surface area contributed by atoms with Gasteiger partial charge in [-0.2, -0.15) is 0 Å². The minimum Gasteiger partial charge on any atom is -0.441 e. The lowest BCUT2D eigenvalue weighted by molar-refractivity contribution is -0.121. The number of rotatable bonds is 5. The molecule has 0 spiro atoms. The fourth-order valence-electron chi connectivity index (χ4n) is 2.14. The van der Waals surface area contributed by atoms with E-state index in [1.54, 1.807) is 36.5 Å². The van der Waals surface area contributed by atoms with Gasteiger partial charge in [-0.3, -0.25) is 25.4 Å². The Kier molecular flexibility index (Phi) is 5.60. The van der Waals surface area contributed by atoms with Gasteiger partial charge in [-0.1, -0.05) is 17.7 Å². The Morgan fingerprint density at radius 1 is 1.04 bits per heavy atom. The molecule has 0 aliphatic heterocycles. The molecule has 1 aromatic carbocycles. The second-order valence-corrected chi connectivity index (χ2v) is 5.78. The van der Waals surface area contributed by atoms with Gasteiger partial charge < -0.3 is 4.42 Å². The summed E-state index contributed by atoms with van der Waals surface area (Å²) in [6, 6.07) is 12.1. The molecule has 0 atom stereocenters. The lowest BCUT2D eigenvalue weighted by Crippen LogP contribution is -2.42. The van der Waals surface area contributed by atoms with E-state index < -0.39 is 5.91 Å². The summed E-state index contributed by atoms with van der Waals surface area (Å²) in [5.41, 5.74) is 5.70. The van der Waals surface area contributed by atoms with Crippen LogP contribution in [0.25, 0.3) is 11.3 Å². The highest BCUT2D eigenvalue weighted by Gasteiger charge is 2.11. The molecule has 3 rings (SSSR count). The van der Waals surface area contributed by atoms with Gasteiger partial charge in [-0.25, -0.2) is 4.98 Å². The standard InChI is InChI=1S/C18H15ClN4O3/c19-13-6-4-12(5-7-13)15-11-21-17(26-15)9-8-16(24)22-23-18(25)14-3-1-2-10-20-14/h1-7,10-11H,8-9H2,(H,22,24)(H,23,25). The Labute approximate surface area is 154 Å². The van der Waals surface area contributed by atoms with Gasteiger partial charge in [0.05, 0.1) is 6.20 Å². The van der Waals surface area contributed by atoms with Crippen LogP contribution in [0.4, 0.5) is 0 Å². The van der Waals surface area contributed by atoms with Gasteiger partial charge in [0.15, 0.2) is 11.7 Å². The summed E-state index contributed by atoms with van der Waals surface area (Å²) < 4.78 is 5.62. The van der Waals surface area contributed by atoms with Crippen molar-refractivity contribution in [1.29, 1.82) is 0 Å². The van der Waals surface area contributed by atoms with Crippen LogP contribution in [0.1, 0.15) is 22.8 Å². The predicted molar refractivity (Wildman–Crippen MR) is 95.1 cm³/mol. The molecule has 2 amide bonds. The second-order valence-electron chi connectivity index (χ2n) is 5.34. The van der Waals surface area contributed by atoms with Crippen molar-refractivity contribution in [3.63, 3.8) is 0 Å². The molecule has 0 saturated heterocycles. The highest BCUT2D eigenvalue weighted by molar-refractivity contribution is 6.30. The first-order valence-corrected chi connectivity index (χ1v) is 8.20. The van der Waals surface area contributed by atoms with Crippen molar-refractivity contribution < 1.29 is 14.0 Å². The Hall–Kier alpha value is -3.19. The van der Waals surface area contributed by atoms with Crippen molar-refractivity contribution in [3.8, 4) is 11.3 Å². The molecule has 0 aliphatic carbocycles. The largest absolute Gasteiger partial charge is 0.441 e. The first-order valence-electron chi connectivity index (χ1n) is 7.82. The third kappa shape index (κ3) is 4.67. The van der Waals surface area contributed by atoms with E-state index in [1.165, 1.54) is 6.20 Å². The second kappa shape index (κ2) is 8.26. The average Bonchev–Trinajstić information content (AvgIpc) is 3.14. The summed E-state index contributed by atoms with van der Waals surface area (Å²) >= 11 is 5.86. The quantitative estimate of drug-likeness (QED) is 0.673. The maximum Gasteiger partial charge on any atom is 0.288 e. The molecule has 0 bridgehead atoms. The Bertz CT molecular complexity index is 894. The zero-order valence-electron chi connectivity index (χ0n) is 13.6. The van der Waals surface area contributed by atoms with Gasteiger partial charge in [0.1, 0.15) is 5.69 Å². The van der Waals surface area contributed by atoms with Crippen molar-refractivity contribution in [2.45, 2.75) is 12.8 Å². The summed E-state index contributed by atoms with van der Waals surface area (Å²) in [4.78, 5) is 31.7. The summed E-state index contributed by atoms with van der Waals surface area (Å²) in [6.07, 6.45) is 3.51. The molecule has 2 aromatic heterocycles. The number of aryl methyl sites for hydroxylation is 1. The molecular formula is C18H15ClN4O3. The molecule has 2 N–H and O–H groups in total. The molecule has 0 unspecified atom stereocenters. The highest BCUT2D eigenvalue weighted by atomic mass is 35.5. The van der Waals surface area contributed by atoms with Crippen molar-refractivity contribution in [2.75, 3.05) is 0 Å². The number of carbonyl (C=O) groups is 2. The van der Waals surface area contributed by atoms with E-state index in [-0.39, 0.29) is 18.0 Å². The maximum absolute atomic E-state index is 11.8. The third-order valence-electron chi connectivity index (χ3n) is 3.46. The molecule has 3 aromatic rings. The monoisotopic (exact) mass is 370 g/mol. The first kappa shape index (κ1) is 17.6. The fraction of sp³-hybridized carbons (Fsp3) is 0.111. The number of benzene rings is 1. The van der Waals surface area contributed by atoms with E-state index >= 15 is 0 Å². The summed E-state index contributed by atoms with van der Waals surface area (Å²) in [7, 11) is 0. The highest BCUT2D eigenvalue weighted by Crippen LogP contribution is 2.22. The lowest BCUT2D eigenvalue weighted by Gasteiger charge is -2.05. The molecule has 8 heteroatoms. The molecule has 0 radical (unpaired) electrons. The van der Waals surface area contributed by atoms with Gasteiger partial charge in [-0.15, -0.1) is 0 Å². The number of carbonyl (C=O) groups excluding carboxylic acids is 2. The molecule has 7 nitrogen and oxygen atoms in total. The lowest BCUT2D eigenvalue weighted by atomic mass is 10.2. The van der Waals surface area contributed by atoms with Crippen LogP contribution in [-0.2, 0) is 11.2 Å². The number of hydrogen-bond donors (Lipinski definition) is 2. The molecular weight excluding hydrogens is 356 g/mol. The van der Waals surface area contributed by atoms with Crippen LogP contribution in [0.2, 0.25) is 5.02 Å². The number of hydrogen-bond acceptors (Lipinski definition) is 5. The average molecular weight is 371 g/mol. The Balaban J connectivity index is 1.47. The topological polar surface area (TPSA) is 97.1 Å². The molecule has 0 saturated carbocycles. The summed E-state index contributed by atoms with van der Waals surface area (Å²) in [5.74, 6) is 0.183. The van der Waals surface area contributed by atoms with E-state index in [0.717, 1.165) is 5.56 Å². The van der Waals surface area contributed by atoms with E-state index in [2.05, 4.69) is 20.8 Å². The van der Waals surface area contributed by atoms with Crippen molar-refractivity contribution in [1.82, 2.24) is 20.8 Å². The fourth-order valence-corrected chi connectivity index (χ4v) is 2.27. The van der Waals surface area contributed by atoms with Crippen molar-refractivity contribution in [3.05, 3.63) is 71.5 Å². The summed E-state index contributed by atoms with van der Waals surface area (Å²) in [5, 5.41) is 0.637. The maximum atomic E-state index is 11.8. The minimum absolute atomic E-state index is 0.114. The van der Waals surface area contributed by atoms with Crippen LogP contribution >= 0.6 is 11.6 Å². The van der Waals surface area contributed by atoms with Crippen LogP contribution in [-0.4, -0.2) is 21.8 Å². The predicted octanol–water partition coefficient (Wildman–Crippen LogP) is 2.78. The molecule has 26 heavy (non-hydrogen) atoms. The number of nitrogens with zero attached hydrogens (tertiary/aromatic N) is 2. The molecule has 132 valence electrons. The number of aromatic nitrogens is 2. The van der Waals surface area contributed by atoms with E-state index in [1.807, 2.05) is 12.1 Å². The molecule has 0 fully saturated rings. The number of hydrazine groups is 1. The van der Waals surface area contributed by atoms with Gasteiger partial charge >= 0.3 is 0 Å². The Morgan fingerprint density at radius 2 is 1.85 bits per heavy atom. The first-order chi connectivity index (χ1) is 12.6. The number of pyridine rings is 1. The van der Waals surface area contributed by atoms with Gasteiger partial charge in [-0.05, 0) is 36.4 Å². The minimum atomic E-state index is -0.486. The van der Waals surface area contributed by atoms with Gasteiger partial charge in [0.2, 0.25) is 5.91 Å². The van der Waals surface area contributed by atoms with E-state index in [0.29, 0.717) is 23.1 Å². The SMILES string of the molecule is O=C(CCc1ncc(-c2ccc(Cl)cc2)o1)NNC(=O)c1ccccn1. The number of oxazole rings is 1. The smallest absolute Gasteiger partial charge is 0.288 e. The van der Waals surface area contributed by atoms with Crippen LogP contribution in [0.5, 0.6) is 0 Å². The summed E-state index contributed by atoms with van der Waals surface area (Å²) in [6.45, 7) is 0. The normalized spacial score (nSPS) is 10.3. The van der Waals surface area contributed by atoms with Crippen molar-refractivity contribution >= 4 is 23.4 Å². The van der Waals surface area contributed by atoms with E-state index in [4.69, 9.17) is 16.0 Å². The van der Waals surface area contributed by atoms with Crippen LogP contribution in [0.15, 0.2) is 59.3 Å². The van der Waals surface area contributed by atoms with Gasteiger partial charge in [0.25, 0.3) is 5.91 Å². The third-order valence-corrected chi connectivity index (χ3v) is 3.71. The molecule has 0 aliphatic rings.